The van der Waals surface area contributed by atoms with Crippen molar-refractivity contribution in [3.63, 3.8) is 0 Å². The molecule has 0 aliphatic heterocycles. The van der Waals surface area contributed by atoms with Gasteiger partial charge in [-0.1, -0.05) is 18.3 Å². The highest BCUT2D eigenvalue weighted by Crippen LogP contribution is 2.09. The Bertz CT molecular complexity index is 370. The number of thiazole rings is 1. The fraction of sp³-hybridized carbons (Fsp3) is 0.700. The van der Waals surface area contributed by atoms with Crippen LogP contribution in [-0.2, 0) is 6.54 Å². The van der Waals surface area contributed by atoms with E-state index in [4.69, 9.17) is 0 Å². The summed E-state index contributed by atoms with van der Waals surface area (Å²) < 4.78 is 1.64. The van der Waals surface area contributed by atoms with E-state index in [0.717, 1.165) is 17.1 Å². The van der Waals surface area contributed by atoms with Crippen molar-refractivity contribution in [2.45, 2.75) is 33.4 Å². The van der Waals surface area contributed by atoms with E-state index in [-0.39, 0.29) is 4.87 Å². The van der Waals surface area contributed by atoms with E-state index in [0.29, 0.717) is 13.1 Å². The van der Waals surface area contributed by atoms with Crippen LogP contribution in [0.25, 0.3) is 0 Å². The van der Waals surface area contributed by atoms with Crippen LogP contribution >= 0.6 is 11.3 Å². The Morgan fingerprint density at radius 3 is 2.67 bits per heavy atom. The lowest BCUT2D eigenvalue weighted by Gasteiger charge is -2.12. The van der Waals surface area contributed by atoms with Crippen LogP contribution < -0.4 is 10.2 Å². The van der Waals surface area contributed by atoms with Crippen molar-refractivity contribution in [2.75, 3.05) is 13.1 Å². The Balaban J connectivity index is 2.68. The number of aryl methyl sites for hydroxylation is 1. The molecule has 1 atom stereocenters. The fourth-order valence-corrected chi connectivity index (χ4v) is 2.23. The maximum absolute atomic E-state index is 11.5. The topological polar surface area (TPSA) is 54.3 Å². The summed E-state index contributed by atoms with van der Waals surface area (Å²) in [5.41, 5.74) is 0.959. The molecule has 0 spiro atoms. The zero-order chi connectivity index (χ0) is 11.4. The predicted octanol–water partition coefficient (Wildman–Crippen LogP) is 0.497. The molecule has 1 rings (SSSR count). The Labute approximate surface area is 93.6 Å². The molecule has 0 radical (unpaired) electrons. The largest absolute Gasteiger partial charge is 0.390 e. The average Bonchev–Trinajstić information content (AvgIpc) is 2.42. The van der Waals surface area contributed by atoms with Crippen LogP contribution in [0, 0.1) is 13.8 Å². The molecule has 5 heteroatoms. The summed E-state index contributed by atoms with van der Waals surface area (Å²) in [6.45, 7) is 7.55. The molecule has 1 aromatic rings. The van der Waals surface area contributed by atoms with Crippen molar-refractivity contribution in [3.8, 4) is 0 Å². The molecule has 2 N–H and O–H groups in total. The molecule has 0 amide bonds. The van der Waals surface area contributed by atoms with Gasteiger partial charge in [0.1, 0.15) is 0 Å². The number of nitrogens with zero attached hydrogens (tertiary/aromatic N) is 1. The highest BCUT2D eigenvalue weighted by Gasteiger charge is 2.11. The Kier molecular flexibility index (Phi) is 4.50. The second kappa shape index (κ2) is 5.44. The smallest absolute Gasteiger partial charge is 0.307 e. The molecular formula is C10H18N2O2S. The number of hydrogen-bond acceptors (Lipinski definition) is 4. The molecule has 0 aliphatic carbocycles. The summed E-state index contributed by atoms with van der Waals surface area (Å²) in [7, 11) is 0. The first-order valence-electron chi connectivity index (χ1n) is 5.11. The van der Waals surface area contributed by atoms with Crippen molar-refractivity contribution in [1.29, 1.82) is 0 Å². The van der Waals surface area contributed by atoms with Gasteiger partial charge >= 0.3 is 4.87 Å². The maximum atomic E-state index is 11.5. The minimum atomic E-state index is -0.504. The van der Waals surface area contributed by atoms with Gasteiger partial charge in [-0.25, -0.2) is 0 Å². The molecule has 0 fully saturated rings. The van der Waals surface area contributed by atoms with Gasteiger partial charge in [-0.15, -0.1) is 0 Å². The van der Waals surface area contributed by atoms with Crippen molar-refractivity contribution >= 4 is 11.3 Å². The summed E-state index contributed by atoms with van der Waals surface area (Å²) in [4.78, 5) is 12.6. The standard InChI is InChI=1S/C10H18N2O2S/c1-4-11-5-9(13)6-12-7(2)8(3)15-10(12)14/h9,11,13H,4-6H2,1-3H3. The summed E-state index contributed by atoms with van der Waals surface area (Å²) >= 11 is 1.24. The quantitative estimate of drug-likeness (QED) is 0.774. The Morgan fingerprint density at radius 2 is 2.20 bits per heavy atom. The Hall–Kier alpha value is -0.650. The first-order chi connectivity index (χ1) is 7.06. The molecule has 1 aromatic heterocycles. The van der Waals surface area contributed by atoms with Gasteiger partial charge in [0, 0.05) is 17.1 Å². The second-order valence-electron chi connectivity index (χ2n) is 3.58. The fourth-order valence-electron chi connectivity index (χ4n) is 1.38. The number of nitrogens with one attached hydrogen (secondary N) is 1. The number of likely N-dealkylation sites (N-methyl/N-ethyl adjacent to an activating group) is 1. The van der Waals surface area contributed by atoms with Crippen molar-refractivity contribution in [3.05, 3.63) is 20.2 Å². The molecule has 0 saturated heterocycles. The SMILES string of the molecule is CCNCC(O)Cn1c(C)c(C)sc1=O. The number of aliphatic hydroxyl groups excluding tert-OH is 1. The minimum Gasteiger partial charge on any atom is -0.390 e. The van der Waals surface area contributed by atoms with Gasteiger partial charge in [0.05, 0.1) is 12.6 Å². The molecular weight excluding hydrogens is 212 g/mol. The van der Waals surface area contributed by atoms with Crippen LogP contribution in [0.3, 0.4) is 0 Å². The molecule has 4 nitrogen and oxygen atoms in total. The minimum absolute atomic E-state index is 0.0144. The number of hydrogen-bond donors (Lipinski definition) is 2. The van der Waals surface area contributed by atoms with E-state index in [2.05, 4.69) is 5.32 Å². The lowest BCUT2D eigenvalue weighted by atomic mass is 10.3. The first-order valence-corrected chi connectivity index (χ1v) is 5.93. The van der Waals surface area contributed by atoms with Gasteiger partial charge in [-0.05, 0) is 20.4 Å². The average molecular weight is 230 g/mol. The van der Waals surface area contributed by atoms with E-state index < -0.39 is 6.10 Å². The number of aromatic nitrogens is 1. The van der Waals surface area contributed by atoms with E-state index in [1.54, 1.807) is 4.57 Å². The second-order valence-corrected chi connectivity index (χ2v) is 4.75. The van der Waals surface area contributed by atoms with Crippen molar-refractivity contribution in [1.82, 2.24) is 9.88 Å². The Morgan fingerprint density at radius 1 is 1.53 bits per heavy atom. The van der Waals surface area contributed by atoms with E-state index in [9.17, 15) is 9.90 Å². The third-order valence-corrected chi connectivity index (χ3v) is 3.40. The molecule has 1 heterocycles. The molecule has 86 valence electrons. The molecule has 0 aromatic carbocycles. The van der Waals surface area contributed by atoms with Gasteiger partial charge in [-0.2, -0.15) is 0 Å². The monoisotopic (exact) mass is 230 g/mol. The van der Waals surface area contributed by atoms with Crippen LogP contribution in [0.4, 0.5) is 0 Å². The molecule has 0 aliphatic rings. The van der Waals surface area contributed by atoms with Crippen LogP contribution in [-0.4, -0.2) is 28.9 Å². The lowest BCUT2D eigenvalue weighted by molar-refractivity contribution is 0.151. The maximum Gasteiger partial charge on any atom is 0.307 e. The van der Waals surface area contributed by atoms with Crippen molar-refractivity contribution in [2.24, 2.45) is 0 Å². The van der Waals surface area contributed by atoms with E-state index in [1.165, 1.54) is 11.3 Å². The lowest BCUT2D eigenvalue weighted by Crippen LogP contribution is -2.32. The normalized spacial score (nSPS) is 13.1. The van der Waals surface area contributed by atoms with Crippen LogP contribution in [0.1, 0.15) is 17.5 Å². The van der Waals surface area contributed by atoms with Crippen molar-refractivity contribution < 1.29 is 5.11 Å². The van der Waals surface area contributed by atoms with Crippen LogP contribution in [0.5, 0.6) is 0 Å². The predicted molar refractivity (Wildman–Crippen MR) is 62.6 cm³/mol. The summed E-state index contributed by atoms with van der Waals surface area (Å²) in [5.74, 6) is 0. The van der Waals surface area contributed by atoms with Gasteiger partial charge in [-0.3, -0.25) is 4.79 Å². The summed E-state index contributed by atoms with van der Waals surface area (Å²) in [5, 5.41) is 12.7. The molecule has 0 bridgehead atoms. The van der Waals surface area contributed by atoms with Gasteiger partial charge in [0.2, 0.25) is 0 Å². The van der Waals surface area contributed by atoms with E-state index >= 15 is 0 Å². The van der Waals surface area contributed by atoms with Gasteiger partial charge in [0.15, 0.2) is 0 Å². The molecule has 0 saturated carbocycles. The number of aliphatic hydroxyl groups is 1. The first kappa shape index (κ1) is 12.4. The number of rotatable bonds is 5. The third-order valence-electron chi connectivity index (χ3n) is 2.40. The third kappa shape index (κ3) is 3.15. The molecule has 1 unspecified atom stereocenters. The highest BCUT2D eigenvalue weighted by atomic mass is 32.1. The van der Waals surface area contributed by atoms with E-state index in [1.807, 2.05) is 20.8 Å². The summed E-state index contributed by atoms with van der Waals surface area (Å²) in [6.07, 6.45) is -0.504. The van der Waals surface area contributed by atoms with Crippen LogP contribution in [0.2, 0.25) is 0 Å². The van der Waals surface area contributed by atoms with Crippen LogP contribution in [0.15, 0.2) is 4.79 Å². The zero-order valence-electron chi connectivity index (χ0n) is 9.41. The zero-order valence-corrected chi connectivity index (χ0v) is 10.2. The van der Waals surface area contributed by atoms with Gasteiger partial charge in [0.25, 0.3) is 0 Å². The molecule has 15 heavy (non-hydrogen) atoms. The summed E-state index contributed by atoms with van der Waals surface area (Å²) in [6, 6.07) is 0. The highest BCUT2D eigenvalue weighted by molar-refractivity contribution is 7.09. The van der Waals surface area contributed by atoms with Gasteiger partial charge < -0.3 is 15.0 Å².